The minimum Gasteiger partial charge on any atom is -0.385 e. The molecule has 1 N–H and O–H groups in total. The van der Waals surface area contributed by atoms with Gasteiger partial charge < -0.3 is 10.2 Å². The van der Waals surface area contributed by atoms with Gasteiger partial charge in [-0.2, -0.15) is 0 Å². The molecule has 0 fully saturated rings. The minimum atomic E-state index is 0.0361. The van der Waals surface area contributed by atoms with Crippen molar-refractivity contribution in [1.82, 2.24) is 9.88 Å². The summed E-state index contributed by atoms with van der Waals surface area (Å²) in [6.45, 7) is 7.52. The Hall–Kier alpha value is -1.88. The van der Waals surface area contributed by atoms with Crippen molar-refractivity contribution in [2.75, 3.05) is 18.9 Å². The van der Waals surface area contributed by atoms with Crippen LogP contribution >= 0.6 is 11.3 Å². The van der Waals surface area contributed by atoms with Crippen LogP contribution in [-0.2, 0) is 6.54 Å². The molecular weight excluding hydrogens is 282 g/mol. The van der Waals surface area contributed by atoms with Gasteiger partial charge in [-0.15, -0.1) is 11.3 Å². The maximum atomic E-state index is 12.5. The van der Waals surface area contributed by atoms with E-state index in [2.05, 4.69) is 17.2 Å². The van der Waals surface area contributed by atoms with Crippen molar-refractivity contribution in [3.63, 3.8) is 0 Å². The fourth-order valence-corrected chi connectivity index (χ4v) is 3.00. The average molecular weight is 303 g/mol. The lowest BCUT2D eigenvalue weighted by atomic mass is 10.1. The van der Waals surface area contributed by atoms with E-state index < -0.39 is 0 Å². The first-order valence-electron chi connectivity index (χ1n) is 7.02. The van der Waals surface area contributed by atoms with Gasteiger partial charge in [0.1, 0.15) is 0 Å². The second-order valence-electron chi connectivity index (χ2n) is 5.08. The third kappa shape index (κ3) is 3.61. The molecule has 0 spiro atoms. The predicted molar refractivity (Wildman–Crippen MR) is 88.0 cm³/mol. The first kappa shape index (κ1) is 15.5. The molecule has 5 heteroatoms. The van der Waals surface area contributed by atoms with Gasteiger partial charge in [0.2, 0.25) is 0 Å². The number of nitrogens with zero attached hydrogens (tertiary/aromatic N) is 2. The second kappa shape index (κ2) is 6.72. The van der Waals surface area contributed by atoms with Crippen LogP contribution in [0.3, 0.4) is 0 Å². The molecule has 2 aromatic rings. The van der Waals surface area contributed by atoms with Crippen LogP contribution in [0, 0.1) is 13.8 Å². The highest BCUT2D eigenvalue weighted by Crippen LogP contribution is 2.19. The lowest BCUT2D eigenvalue weighted by molar-refractivity contribution is 0.0786. The molecule has 0 radical (unpaired) electrons. The lowest BCUT2D eigenvalue weighted by Crippen LogP contribution is -2.26. The summed E-state index contributed by atoms with van der Waals surface area (Å²) in [4.78, 5) is 19.6. The first-order valence-corrected chi connectivity index (χ1v) is 7.89. The van der Waals surface area contributed by atoms with Crippen LogP contribution < -0.4 is 5.32 Å². The molecule has 1 heterocycles. The van der Waals surface area contributed by atoms with Gasteiger partial charge in [0.05, 0.1) is 17.7 Å². The van der Waals surface area contributed by atoms with Crippen molar-refractivity contribution in [2.24, 2.45) is 0 Å². The summed E-state index contributed by atoms with van der Waals surface area (Å²) >= 11 is 1.59. The lowest BCUT2D eigenvalue weighted by Gasteiger charge is -2.17. The second-order valence-corrected chi connectivity index (χ2v) is 6.02. The van der Waals surface area contributed by atoms with Crippen LogP contribution in [0.2, 0.25) is 0 Å². The van der Waals surface area contributed by atoms with Gasteiger partial charge in [-0.3, -0.25) is 4.79 Å². The van der Waals surface area contributed by atoms with Crippen LogP contribution in [-0.4, -0.2) is 29.4 Å². The highest BCUT2D eigenvalue weighted by Gasteiger charge is 2.14. The van der Waals surface area contributed by atoms with Gasteiger partial charge in [0.25, 0.3) is 5.91 Å². The summed E-state index contributed by atoms with van der Waals surface area (Å²) in [5.41, 5.74) is 5.70. The zero-order valence-electron chi connectivity index (χ0n) is 12.9. The molecule has 21 heavy (non-hydrogen) atoms. The zero-order valence-corrected chi connectivity index (χ0v) is 13.8. The van der Waals surface area contributed by atoms with E-state index in [1.807, 2.05) is 44.6 Å². The van der Waals surface area contributed by atoms with Crippen LogP contribution in [0.1, 0.15) is 33.4 Å². The largest absolute Gasteiger partial charge is 0.385 e. The van der Waals surface area contributed by atoms with Crippen LogP contribution in [0.15, 0.2) is 23.7 Å². The monoisotopic (exact) mass is 303 g/mol. The Kier molecular flexibility index (Phi) is 4.96. The molecule has 0 aliphatic carbocycles. The highest BCUT2D eigenvalue weighted by atomic mass is 32.1. The fourth-order valence-electron chi connectivity index (χ4n) is 2.17. The number of amides is 1. The van der Waals surface area contributed by atoms with Crippen LogP contribution in [0.5, 0.6) is 0 Å². The average Bonchev–Trinajstić information content (AvgIpc) is 2.86. The Labute approximate surface area is 129 Å². The summed E-state index contributed by atoms with van der Waals surface area (Å²) in [6, 6.07) is 5.79. The van der Waals surface area contributed by atoms with Crippen molar-refractivity contribution in [3.8, 4) is 0 Å². The number of carbonyl (C=O) groups excluding carboxylic acids is 1. The third-order valence-electron chi connectivity index (χ3n) is 3.41. The summed E-state index contributed by atoms with van der Waals surface area (Å²) in [5.74, 6) is 0.0361. The SMILES string of the molecule is CCNc1ccc(C(=O)N(C)Cc2scnc2C)cc1C. The smallest absolute Gasteiger partial charge is 0.253 e. The summed E-state index contributed by atoms with van der Waals surface area (Å²) in [7, 11) is 1.83. The minimum absolute atomic E-state index is 0.0361. The Morgan fingerprint density at radius 1 is 1.38 bits per heavy atom. The predicted octanol–water partition coefficient (Wildman–Crippen LogP) is 3.46. The van der Waals surface area contributed by atoms with Gasteiger partial charge in [-0.1, -0.05) is 0 Å². The summed E-state index contributed by atoms with van der Waals surface area (Å²) in [6.07, 6.45) is 0. The van der Waals surface area contributed by atoms with E-state index in [0.717, 1.165) is 33.9 Å². The number of aromatic nitrogens is 1. The van der Waals surface area contributed by atoms with Crippen molar-refractivity contribution in [2.45, 2.75) is 27.3 Å². The molecule has 0 bridgehead atoms. The molecule has 1 amide bonds. The van der Waals surface area contributed by atoms with E-state index in [1.54, 1.807) is 16.2 Å². The molecule has 0 aliphatic rings. The van der Waals surface area contributed by atoms with E-state index in [0.29, 0.717) is 6.54 Å². The molecule has 2 rings (SSSR count). The number of carbonyl (C=O) groups is 1. The van der Waals surface area contributed by atoms with Crippen LogP contribution in [0.25, 0.3) is 0 Å². The fraction of sp³-hybridized carbons (Fsp3) is 0.375. The quantitative estimate of drug-likeness (QED) is 0.920. The summed E-state index contributed by atoms with van der Waals surface area (Å²) < 4.78 is 0. The molecule has 0 saturated heterocycles. The Morgan fingerprint density at radius 2 is 2.14 bits per heavy atom. The van der Waals surface area contributed by atoms with Gasteiger partial charge in [0, 0.05) is 29.7 Å². The van der Waals surface area contributed by atoms with E-state index >= 15 is 0 Å². The Bertz CT molecular complexity index is 636. The number of thiazole rings is 1. The van der Waals surface area contributed by atoms with Gasteiger partial charge in [0.15, 0.2) is 0 Å². The van der Waals surface area contributed by atoms with E-state index in [9.17, 15) is 4.79 Å². The molecule has 0 unspecified atom stereocenters. The standard InChI is InChI=1S/C16H21N3OS/c1-5-17-14-7-6-13(8-11(14)2)16(20)19(4)9-15-12(3)18-10-21-15/h6-8,10,17H,5,9H2,1-4H3. The number of rotatable bonds is 5. The zero-order chi connectivity index (χ0) is 15.4. The molecule has 0 atom stereocenters. The Morgan fingerprint density at radius 3 is 2.71 bits per heavy atom. The molecule has 0 aliphatic heterocycles. The normalized spacial score (nSPS) is 10.5. The number of nitrogens with one attached hydrogen (secondary N) is 1. The molecule has 0 saturated carbocycles. The van der Waals surface area contributed by atoms with Crippen LogP contribution in [0.4, 0.5) is 5.69 Å². The summed E-state index contributed by atoms with van der Waals surface area (Å²) in [5, 5.41) is 3.28. The van der Waals surface area contributed by atoms with Crippen molar-refractivity contribution >= 4 is 22.9 Å². The van der Waals surface area contributed by atoms with Crippen molar-refractivity contribution in [3.05, 3.63) is 45.4 Å². The highest BCUT2D eigenvalue weighted by molar-refractivity contribution is 7.09. The molecule has 1 aromatic carbocycles. The topological polar surface area (TPSA) is 45.2 Å². The van der Waals surface area contributed by atoms with E-state index in [-0.39, 0.29) is 5.91 Å². The maximum absolute atomic E-state index is 12.5. The maximum Gasteiger partial charge on any atom is 0.253 e. The van der Waals surface area contributed by atoms with Crippen molar-refractivity contribution in [1.29, 1.82) is 0 Å². The van der Waals surface area contributed by atoms with Gasteiger partial charge in [-0.25, -0.2) is 4.98 Å². The molecular formula is C16H21N3OS. The number of anilines is 1. The third-order valence-corrected chi connectivity index (χ3v) is 4.33. The number of hydrogen-bond donors (Lipinski definition) is 1. The van der Waals surface area contributed by atoms with Gasteiger partial charge in [-0.05, 0) is 44.5 Å². The first-order chi connectivity index (χ1) is 10.0. The Balaban J connectivity index is 2.12. The van der Waals surface area contributed by atoms with Crippen molar-refractivity contribution < 1.29 is 4.79 Å². The van der Waals surface area contributed by atoms with Gasteiger partial charge >= 0.3 is 0 Å². The number of hydrogen-bond acceptors (Lipinski definition) is 4. The van der Waals surface area contributed by atoms with E-state index in [4.69, 9.17) is 0 Å². The number of aryl methyl sites for hydroxylation is 2. The number of benzene rings is 1. The molecule has 1 aromatic heterocycles. The molecule has 4 nitrogen and oxygen atoms in total. The van der Waals surface area contributed by atoms with E-state index in [1.165, 1.54) is 0 Å². The molecule has 112 valence electrons.